The number of aliphatic hydroxyl groups is 2. The van der Waals surface area contributed by atoms with E-state index in [0.29, 0.717) is 18.8 Å². The highest BCUT2D eigenvalue weighted by Crippen LogP contribution is 2.23. The zero-order chi connectivity index (χ0) is 15.3. The second-order valence-corrected chi connectivity index (χ2v) is 5.34. The van der Waals surface area contributed by atoms with Gasteiger partial charge in [0.1, 0.15) is 6.04 Å². The first kappa shape index (κ1) is 15.7. The Morgan fingerprint density at radius 3 is 2.67 bits per heavy atom. The summed E-state index contributed by atoms with van der Waals surface area (Å²) in [7, 11) is 0. The molecule has 116 valence electrons. The third-order valence-electron chi connectivity index (χ3n) is 4.03. The molecule has 1 amide bonds. The lowest BCUT2D eigenvalue weighted by atomic mass is 9.97. The fourth-order valence-electron chi connectivity index (χ4n) is 2.50. The molecule has 2 heterocycles. The topological polar surface area (TPSA) is 98.6 Å². The largest absolute Gasteiger partial charge is 0.394 e. The van der Waals surface area contributed by atoms with Crippen LogP contribution >= 0.6 is 0 Å². The van der Waals surface area contributed by atoms with Gasteiger partial charge >= 0.3 is 0 Å². The number of hydrogen-bond acceptors (Lipinski definition) is 6. The van der Waals surface area contributed by atoms with Crippen molar-refractivity contribution in [1.29, 1.82) is 0 Å². The predicted molar refractivity (Wildman–Crippen MR) is 77.7 cm³/mol. The van der Waals surface area contributed by atoms with Gasteiger partial charge in [-0.2, -0.15) is 0 Å². The van der Waals surface area contributed by atoms with E-state index in [0.717, 1.165) is 13.0 Å². The van der Waals surface area contributed by atoms with Crippen LogP contribution in [0.25, 0.3) is 0 Å². The molecular weight excluding hydrogens is 272 g/mol. The molecule has 1 aliphatic heterocycles. The maximum Gasteiger partial charge on any atom is 0.243 e. The van der Waals surface area contributed by atoms with Gasteiger partial charge in [0.25, 0.3) is 0 Å². The molecule has 1 fully saturated rings. The first-order chi connectivity index (χ1) is 10.2. The number of rotatable bonds is 6. The van der Waals surface area contributed by atoms with Crippen molar-refractivity contribution < 1.29 is 15.0 Å². The van der Waals surface area contributed by atoms with Crippen molar-refractivity contribution in [2.75, 3.05) is 24.7 Å². The van der Waals surface area contributed by atoms with Crippen LogP contribution in [0.15, 0.2) is 18.5 Å². The second-order valence-electron chi connectivity index (χ2n) is 5.34. The second kappa shape index (κ2) is 6.82. The van der Waals surface area contributed by atoms with Gasteiger partial charge in [0.15, 0.2) is 0 Å². The third kappa shape index (κ3) is 3.30. The molecule has 1 unspecified atom stereocenters. The van der Waals surface area contributed by atoms with E-state index in [4.69, 9.17) is 0 Å². The molecule has 1 atom stereocenters. The summed E-state index contributed by atoms with van der Waals surface area (Å²) in [5.41, 5.74) is -0.969. The van der Waals surface area contributed by atoms with Gasteiger partial charge in [-0.15, -0.1) is 0 Å². The summed E-state index contributed by atoms with van der Waals surface area (Å²) in [6, 6.07) is 1.37. The summed E-state index contributed by atoms with van der Waals surface area (Å²) in [6.45, 7) is 1.96. The first-order valence-electron chi connectivity index (χ1n) is 7.23. The van der Waals surface area contributed by atoms with Gasteiger partial charge in [-0.1, -0.05) is 6.92 Å². The van der Waals surface area contributed by atoms with Crippen LogP contribution in [-0.2, 0) is 4.79 Å². The molecule has 0 bridgehead atoms. The number of nitrogens with zero attached hydrogens (tertiary/aromatic N) is 3. The molecule has 3 N–H and O–H groups in total. The summed E-state index contributed by atoms with van der Waals surface area (Å²) in [6.07, 6.45) is 5.34. The molecule has 7 nitrogen and oxygen atoms in total. The normalized spacial score (nSPS) is 18.8. The summed E-state index contributed by atoms with van der Waals surface area (Å²) in [5, 5.41) is 21.7. The Bertz CT molecular complexity index is 456. The molecule has 21 heavy (non-hydrogen) atoms. The van der Waals surface area contributed by atoms with E-state index in [2.05, 4.69) is 15.3 Å². The van der Waals surface area contributed by atoms with Crippen molar-refractivity contribution in [2.24, 2.45) is 0 Å². The lowest BCUT2D eigenvalue weighted by Crippen LogP contribution is -2.58. The average Bonchev–Trinajstić information content (AvgIpc) is 3.03. The number of aliphatic hydroxyl groups excluding tert-OH is 2. The van der Waals surface area contributed by atoms with Gasteiger partial charge in [0.2, 0.25) is 11.9 Å². The molecule has 1 aromatic rings. The van der Waals surface area contributed by atoms with Crippen molar-refractivity contribution in [3.05, 3.63) is 18.5 Å². The molecule has 0 spiro atoms. The Balaban J connectivity index is 2.11. The van der Waals surface area contributed by atoms with E-state index in [1.807, 2.05) is 11.8 Å². The van der Waals surface area contributed by atoms with Gasteiger partial charge in [0.05, 0.1) is 18.8 Å². The van der Waals surface area contributed by atoms with Crippen molar-refractivity contribution in [3.63, 3.8) is 0 Å². The lowest BCUT2D eigenvalue weighted by Gasteiger charge is -2.33. The summed E-state index contributed by atoms with van der Waals surface area (Å²) in [4.78, 5) is 22.7. The Morgan fingerprint density at radius 2 is 2.10 bits per heavy atom. The standard InChI is InChI=1S/C14H22N4O3/c1-2-14(9-19,10-20)17-12(21)11-5-3-8-18(11)13-15-6-4-7-16-13/h4,6-7,11,19-20H,2-3,5,8-10H2,1H3,(H,17,21). The quantitative estimate of drug-likeness (QED) is 0.666. The van der Waals surface area contributed by atoms with Crippen LogP contribution in [0, 0.1) is 0 Å². The number of carbonyl (C=O) groups excluding carboxylic acids is 1. The van der Waals surface area contributed by atoms with Crippen LogP contribution in [-0.4, -0.2) is 57.4 Å². The van der Waals surface area contributed by atoms with Crippen molar-refractivity contribution in [1.82, 2.24) is 15.3 Å². The number of nitrogens with one attached hydrogen (secondary N) is 1. The maximum absolute atomic E-state index is 12.5. The highest BCUT2D eigenvalue weighted by molar-refractivity contribution is 5.86. The lowest BCUT2D eigenvalue weighted by molar-refractivity contribution is -0.125. The van der Waals surface area contributed by atoms with E-state index in [9.17, 15) is 15.0 Å². The zero-order valence-electron chi connectivity index (χ0n) is 12.2. The van der Waals surface area contributed by atoms with Crippen LogP contribution in [0.2, 0.25) is 0 Å². The van der Waals surface area contributed by atoms with Crippen molar-refractivity contribution in [3.8, 4) is 0 Å². The smallest absolute Gasteiger partial charge is 0.243 e. The summed E-state index contributed by atoms with van der Waals surface area (Å²) in [5.74, 6) is 0.329. The summed E-state index contributed by atoms with van der Waals surface area (Å²) < 4.78 is 0. The number of aromatic nitrogens is 2. The Kier molecular flexibility index (Phi) is 5.08. The molecule has 0 aromatic carbocycles. The van der Waals surface area contributed by atoms with Gasteiger partial charge in [0, 0.05) is 18.9 Å². The molecule has 1 aromatic heterocycles. The fourth-order valence-corrected chi connectivity index (χ4v) is 2.50. The minimum absolute atomic E-state index is 0.204. The molecule has 7 heteroatoms. The van der Waals surface area contributed by atoms with E-state index >= 15 is 0 Å². The fraction of sp³-hybridized carbons (Fsp3) is 0.643. The Hall–Kier alpha value is -1.73. The van der Waals surface area contributed by atoms with Gasteiger partial charge in [-0.25, -0.2) is 9.97 Å². The highest BCUT2D eigenvalue weighted by atomic mass is 16.3. The predicted octanol–water partition coefficient (Wildman–Crippen LogP) is -0.305. The minimum Gasteiger partial charge on any atom is -0.394 e. The molecule has 0 saturated carbocycles. The number of carbonyl (C=O) groups is 1. The molecular formula is C14H22N4O3. The summed E-state index contributed by atoms with van der Waals surface area (Å²) >= 11 is 0. The number of hydrogen-bond donors (Lipinski definition) is 3. The Labute approximate surface area is 124 Å². The zero-order valence-corrected chi connectivity index (χ0v) is 12.2. The average molecular weight is 294 g/mol. The first-order valence-corrected chi connectivity index (χ1v) is 7.23. The van der Waals surface area contributed by atoms with Crippen LogP contribution in [0.3, 0.4) is 0 Å². The highest BCUT2D eigenvalue weighted by Gasteiger charge is 2.37. The van der Waals surface area contributed by atoms with Crippen molar-refractivity contribution >= 4 is 11.9 Å². The minimum atomic E-state index is -0.969. The molecule has 0 aliphatic carbocycles. The van der Waals surface area contributed by atoms with E-state index < -0.39 is 5.54 Å². The van der Waals surface area contributed by atoms with E-state index in [1.54, 1.807) is 18.5 Å². The van der Waals surface area contributed by atoms with Crippen molar-refractivity contribution in [2.45, 2.75) is 37.8 Å². The monoisotopic (exact) mass is 294 g/mol. The SMILES string of the molecule is CCC(CO)(CO)NC(=O)C1CCCN1c1ncccn1. The molecule has 1 aliphatic rings. The van der Waals surface area contributed by atoms with Gasteiger partial charge in [-0.3, -0.25) is 4.79 Å². The van der Waals surface area contributed by atoms with E-state index in [1.165, 1.54) is 0 Å². The van der Waals surface area contributed by atoms with Gasteiger partial charge < -0.3 is 20.4 Å². The van der Waals surface area contributed by atoms with Crippen LogP contribution < -0.4 is 10.2 Å². The number of amides is 1. The molecule has 1 saturated heterocycles. The molecule has 0 radical (unpaired) electrons. The Morgan fingerprint density at radius 1 is 1.43 bits per heavy atom. The number of anilines is 1. The van der Waals surface area contributed by atoms with Crippen LogP contribution in [0.4, 0.5) is 5.95 Å². The third-order valence-corrected chi connectivity index (χ3v) is 4.03. The molecule has 2 rings (SSSR count). The van der Waals surface area contributed by atoms with Crippen LogP contribution in [0.1, 0.15) is 26.2 Å². The maximum atomic E-state index is 12.5. The van der Waals surface area contributed by atoms with Gasteiger partial charge in [-0.05, 0) is 25.3 Å². The van der Waals surface area contributed by atoms with E-state index in [-0.39, 0.29) is 25.2 Å². The van der Waals surface area contributed by atoms with Crippen LogP contribution in [0.5, 0.6) is 0 Å².